The molecule has 0 saturated heterocycles. The summed E-state index contributed by atoms with van der Waals surface area (Å²) in [6.45, 7) is 5.76. The van der Waals surface area contributed by atoms with Crippen LogP contribution >= 0.6 is 0 Å². The first kappa shape index (κ1) is 15.4. The highest BCUT2D eigenvalue weighted by Crippen LogP contribution is 2.23. The van der Waals surface area contributed by atoms with Crippen LogP contribution in [0.5, 0.6) is 0 Å². The zero-order chi connectivity index (χ0) is 15.2. The summed E-state index contributed by atoms with van der Waals surface area (Å²) in [5.74, 6) is -0.860. The van der Waals surface area contributed by atoms with Crippen LogP contribution in [0.4, 0.5) is 20.4 Å². The molecule has 0 radical (unpaired) electrons. The molecular formula is C15H19F2N3O. The predicted molar refractivity (Wildman–Crippen MR) is 77.7 cm³/mol. The highest BCUT2D eigenvalue weighted by atomic mass is 19.1. The monoisotopic (exact) mass is 295 g/mol. The van der Waals surface area contributed by atoms with Crippen molar-refractivity contribution in [1.29, 1.82) is 0 Å². The van der Waals surface area contributed by atoms with Crippen LogP contribution in [0.15, 0.2) is 24.4 Å². The minimum absolute atomic E-state index is 0.186. The number of hydrogen-bond acceptors (Lipinski definition) is 3. The van der Waals surface area contributed by atoms with E-state index in [1.807, 2.05) is 24.6 Å². The van der Waals surface area contributed by atoms with E-state index in [9.17, 15) is 8.78 Å². The van der Waals surface area contributed by atoms with Crippen LogP contribution in [-0.2, 0) is 11.3 Å². The summed E-state index contributed by atoms with van der Waals surface area (Å²) in [7, 11) is 0. The summed E-state index contributed by atoms with van der Waals surface area (Å²) in [5, 5.41) is 2.73. The highest BCUT2D eigenvalue weighted by molar-refractivity contribution is 5.55. The Morgan fingerprint density at radius 3 is 2.67 bits per heavy atom. The summed E-state index contributed by atoms with van der Waals surface area (Å²) < 4.78 is 34.5. The van der Waals surface area contributed by atoms with Crippen molar-refractivity contribution in [2.24, 2.45) is 0 Å². The average molecular weight is 295 g/mol. The number of imidazole rings is 1. The molecule has 114 valence electrons. The van der Waals surface area contributed by atoms with Gasteiger partial charge in [0.15, 0.2) is 0 Å². The fourth-order valence-corrected chi connectivity index (χ4v) is 2.03. The maximum atomic E-state index is 13.7. The summed E-state index contributed by atoms with van der Waals surface area (Å²) >= 11 is 0. The van der Waals surface area contributed by atoms with Crippen molar-refractivity contribution in [2.45, 2.75) is 26.8 Å². The van der Waals surface area contributed by atoms with Gasteiger partial charge in [0.2, 0.25) is 5.95 Å². The van der Waals surface area contributed by atoms with Gasteiger partial charge in [-0.05, 0) is 32.4 Å². The Morgan fingerprint density at radius 2 is 2.00 bits per heavy atom. The summed E-state index contributed by atoms with van der Waals surface area (Å²) in [6, 6.07) is 3.75. The molecule has 1 aromatic heterocycles. The summed E-state index contributed by atoms with van der Waals surface area (Å²) in [4.78, 5) is 4.26. The van der Waals surface area contributed by atoms with E-state index in [0.29, 0.717) is 25.7 Å². The summed E-state index contributed by atoms with van der Waals surface area (Å²) in [6.07, 6.45) is 2.64. The number of nitrogens with zero attached hydrogens (tertiary/aromatic N) is 2. The number of halogens is 2. The molecule has 0 saturated carbocycles. The Labute approximate surface area is 122 Å². The third kappa shape index (κ3) is 4.01. The van der Waals surface area contributed by atoms with E-state index in [1.165, 1.54) is 18.2 Å². The van der Waals surface area contributed by atoms with Gasteiger partial charge in [0.25, 0.3) is 0 Å². The largest absolute Gasteiger partial charge is 0.382 e. The number of hydrogen-bond donors (Lipinski definition) is 1. The first-order valence-electron chi connectivity index (χ1n) is 6.94. The van der Waals surface area contributed by atoms with Crippen molar-refractivity contribution in [3.8, 4) is 0 Å². The lowest BCUT2D eigenvalue weighted by atomic mass is 10.3. The highest BCUT2D eigenvalue weighted by Gasteiger charge is 2.12. The molecule has 0 aliphatic heterocycles. The van der Waals surface area contributed by atoms with E-state index in [0.717, 1.165) is 12.1 Å². The van der Waals surface area contributed by atoms with Crippen LogP contribution in [0, 0.1) is 18.6 Å². The number of nitrogens with one attached hydrogen (secondary N) is 1. The van der Waals surface area contributed by atoms with E-state index in [-0.39, 0.29) is 5.69 Å². The molecule has 0 amide bonds. The molecular weight excluding hydrogens is 276 g/mol. The molecule has 2 aromatic rings. The minimum atomic E-state index is -0.642. The van der Waals surface area contributed by atoms with Crippen LogP contribution in [0.2, 0.25) is 0 Å². The third-order valence-corrected chi connectivity index (χ3v) is 2.99. The van der Waals surface area contributed by atoms with Gasteiger partial charge >= 0.3 is 0 Å². The second-order valence-electron chi connectivity index (χ2n) is 4.67. The van der Waals surface area contributed by atoms with Gasteiger partial charge in [-0.25, -0.2) is 13.8 Å². The zero-order valence-corrected chi connectivity index (χ0v) is 12.2. The Hall–Kier alpha value is -1.95. The molecule has 2 rings (SSSR count). The molecule has 0 spiro atoms. The van der Waals surface area contributed by atoms with Crippen molar-refractivity contribution < 1.29 is 13.5 Å². The minimum Gasteiger partial charge on any atom is -0.382 e. The lowest BCUT2D eigenvalue weighted by Gasteiger charge is -2.11. The smallest absolute Gasteiger partial charge is 0.207 e. The number of ether oxygens (including phenoxy) is 1. The quantitative estimate of drug-likeness (QED) is 0.793. The van der Waals surface area contributed by atoms with Crippen molar-refractivity contribution >= 4 is 11.6 Å². The van der Waals surface area contributed by atoms with E-state index in [2.05, 4.69) is 10.3 Å². The number of aryl methyl sites for hydroxylation is 2. The molecule has 0 unspecified atom stereocenters. The van der Waals surface area contributed by atoms with E-state index in [1.54, 1.807) is 0 Å². The average Bonchev–Trinajstić information content (AvgIpc) is 2.79. The molecule has 6 heteroatoms. The molecule has 4 nitrogen and oxygen atoms in total. The lowest BCUT2D eigenvalue weighted by molar-refractivity contribution is 0.142. The van der Waals surface area contributed by atoms with Crippen LogP contribution in [-0.4, -0.2) is 22.8 Å². The normalized spacial score (nSPS) is 10.9. The fourth-order valence-electron chi connectivity index (χ4n) is 2.03. The number of para-hydroxylation sites is 1. The number of aromatic nitrogens is 2. The third-order valence-electron chi connectivity index (χ3n) is 2.99. The second kappa shape index (κ2) is 7.17. The molecule has 1 N–H and O–H groups in total. The van der Waals surface area contributed by atoms with Gasteiger partial charge < -0.3 is 14.6 Å². The molecule has 0 bridgehead atoms. The van der Waals surface area contributed by atoms with Gasteiger partial charge in [-0.15, -0.1) is 0 Å². The van der Waals surface area contributed by atoms with Crippen LogP contribution < -0.4 is 5.32 Å². The van der Waals surface area contributed by atoms with E-state index < -0.39 is 11.6 Å². The topological polar surface area (TPSA) is 39.1 Å². The summed E-state index contributed by atoms with van der Waals surface area (Å²) in [5.41, 5.74) is 0.597. The SMILES string of the molecule is CCOCCCn1cc(C)nc1Nc1c(F)cccc1F. The van der Waals surface area contributed by atoms with Gasteiger partial charge in [0.1, 0.15) is 17.3 Å². The number of rotatable bonds is 7. The standard InChI is InChI=1S/C15H19F2N3O/c1-3-21-9-5-8-20-10-11(2)18-15(20)19-14-12(16)6-4-7-13(14)17/h4,6-7,10H,3,5,8-9H2,1-2H3,(H,18,19). The fraction of sp³-hybridized carbons (Fsp3) is 0.400. The predicted octanol–water partition coefficient (Wildman–Crippen LogP) is 3.64. The van der Waals surface area contributed by atoms with E-state index in [4.69, 9.17) is 4.74 Å². The van der Waals surface area contributed by atoms with Gasteiger partial charge in [0, 0.05) is 26.0 Å². The van der Waals surface area contributed by atoms with Crippen molar-refractivity contribution in [3.63, 3.8) is 0 Å². The number of benzene rings is 1. The first-order valence-corrected chi connectivity index (χ1v) is 6.94. The van der Waals surface area contributed by atoms with Gasteiger partial charge in [-0.3, -0.25) is 0 Å². The maximum absolute atomic E-state index is 13.7. The molecule has 21 heavy (non-hydrogen) atoms. The van der Waals surface area contributed by atoms with Crippen LogP contribution in [0.1, 0.15) is 19.0 Å². The van der Waals surface area contributed by atoms with E-state index >= 15 is 0 Å². The zero-order valence-electron chi connectivity index (χ0n) is 12.2. The van der Waals surface area contributed by atoms with Crippen molar-refractivity contribution in [1.82, 2.24) is 9.55 Å². The second-order valence-corrected chi connectivity index (χ2v) is 4.67. The Kier molecular flexibility index (Phi) is 5.27. The molecule has 0 fully saturated rings. The molecule has 0 aliphatic carbocycles. The number of anilines is 2. The van der Waals surface area contributed by atoms with Crippen molar-refractivity contribution in [2.75, 3.05) is 18.5 Å². The molecule has 0 atom stereocenters. The Morgan fingerprint density at radius 1 is 1.29 bits per heavy atom. The maximum Gasteiger partial charge on any atom is 0.207 e. The Bertz CT molecular complexity index is 578. The van der Waals surface area contributed by atoms with Crippen LogP contribution in [0.25, 0.3) is 0 Å². The van der Waals surface area contributed by atoms with Gasteiger partial charge in [-0.2, -0.15) is 0 Å². The van der Waals surface area contributed by atoms with Crippen molar-refractivity contribution in [3.05, 3.63) is 41.7 Å². The lowest BCUT2D eigenvalue weighted by Crippen LogP contribution is -2.07. The molecule has 0 aliphatic rings. The molecule has 1 heterocycles. The van der Waals surface area contributed by atoms with Crippen LogP contribution in [0.3, 0.4) is 0 Å². The van der Waals surface area contributed by atoms with Gasteiger partial charge in [-0.1, -0.05) is 6.07 Å². The van der Waals surface area contributed by atoms with Gasteiger partial charge in [0.05, 0.1) is 5.69 Å². The first-order chi connectivity index (χ1) is 10.1. The Balaban J connectivity index is 2.12. The molecule has 1 aromatic carbocycles.